The minimum Gasteiger partial charge on any atom is -0.452 e. The lowest BCUT2D eigenvalue weighted by atomic mass is 10.1. The zero-order valence-corrected chi connectivity index (χ0v) is 19.4. The minimum atomic E-state index is -3.61. The highest BCUT2D eigenvalue weighted by molar-refractivity contribution is 7.89. The fourth-order valence-corrected chi connectivity index (χ4v) is 4.68. The standard InChI is InChI=1S/C23H29N3O6S/c1-2-3-12-24-21-7-5-4-6-20(21)23(28)32-17-22(27)25-18-8-10-19(11-9-18)33(29,30)26-13-15-31-16-14-26/h4-11,24H,2-3,12-17H2,1H3,(H,25,27). The molecule has 1 saturated heterocycles. The Labute approximate surface area is 194 Å². The third-order valence-corrected chi connectivity index (χ3v) is 6.99. The van der Waals surface area contributed by atoms with Crippen LogP contribution in [0.25, 0.3) is 0 Å². The first-order valence-electron chi connectivity index (χ1n) is 10.9. The summed E-state index contributed by atoms with van der Waals surface area (Å²) >= 11 is 0. The summed E-state index contributed by atoms with van der Waals surface area (Å²) in [5.74, 6) is -1.12. The number of para-hydroxylation sites is 1. The molecule has 2 aromatic carbocycles. The Balaban J connectivity index is 1.53. The number of hydrogen-bond donors (Lipinski definition) is 2. The van der Waals surface area contributed by atoms with Crippen LogP contribution in [0.1, 0.15) is 30.1 Å². The van der Waals surface area contributed by atoms with Crippen molar-refractivity contribution in [1.82, 2.24) is 4.31 Å². The Morgan fingerprint density at radius 2 is 1.76 bits per heavy atom. The van der Waals surface area contributed by atoms with Gasteiger partial charge in [0, 0.05) is 31.0 Å². The monoisotopic (exact) mass is 475 g/mol. The van der Waals surface area contributed by atoms with Gasteiger partial charge in [-0.15, -0.1) is 0 Å². The van der Waals surface area contributed by atoms with Gasteiger partial charge in [-0.3, -0.25) is 4.79 Å². The van der Waals surface area contributed by atoms with Crippen LogP contribution in [-0.2, 0) is 24.3 Å². The molecule has 0 bridgehead atoms. The van der Waals surface area contributed by atoms with Gasteiger partial charge in [0.05, 0.1) is 23.7 Å². The van der Waals surface area contributed by atoms with Crippen molar-refractivity contribution in [3.05, 3.63) is 54.1 Å². The maximum atomic E-state index is 12.7. The van der Waals surface area contributed by atoms with Crippen molar-refractivity contribution in [3.63, 3.8) is 0 Å². The van der Waals surface area contributed by atoms with Gasteiger partial charge in [0.2, 0.25) is 10.0 Å². The number of sulfonamides is 1. The normalized spacial score (nSPS) is 14.5. The third-order valence-electron chi connectivity index (χ3n) is 5.07. The zero-order valence-electron chi connectivity index (χ0n) is 18.6. The lowest BCUT2D eigenvalue weighted by molar-refractivity contribution is -0.119. The molecule has 1 aliphatic rings. The molecule has 0 atom stereocenters. The molecule has 178 valence electrons. The molecule has 0 unspecified atom stereocenters. The lowest BCUT2D eigenvalue weighted by Gasteiger charge is -2.26. The number of amides is 1. The number of carbonyl (C=O) groups is 2. The predicted octanol–water partition coefficient (Wildman–Crippen LogP) is 2.72. The van der Waals surface area contributed by atoms with Gasteiger partial charge in [0.15, 0.2) is 6.61 Å². The van der Waals surface area contributed by atoms with E-state index in [1.165, 1.54) is 28.6 Å². The summed E-state index contributed by atoms with van der Waals surface area (Å²) in [7, 11) is -3.61. The van der Waals surface area contributed by atoms with E-state index in [1.54, 1.807) is 18.2 Å². The molecule has 2 aromatic rings. The molecule has 33 heavy (non-hydrogen) atoms. The molecule has 1 aliphatic heterocycles. The van der Waals surface area contributed by atoms with Crippen molar-refractivity contribution < 1.29 is 27.5 Å². The van der Waals surface area contributed by atoms with Crippen LogP contribution in [0.2, 0.25) is 0 Å². The summed E-state index contributed by atoms with van der Waals surface area (Å²) in [6.07, 6.45) is 2.00. The minimum absolute atomic E-state index is 0.140. The Kier molecular flexibility index (Phi) is 8.81. The lowest BCUT2D eigenvalue weighted by Crippen LogP contribution is -2.40. The number of nitrogens with one attached hydrogen (secondary N) is 2. The van der Waals surface area contributed by atoms with E-state index < -0.39 is 28.5 Å². The fraction of sp³-hybridized carbons (Fsp3) is 0.391. The first kappa shape index (κ1) is 24.7. The number of carbonyl (C=O) groups excluding carboxylic acids is 2. The van der Waals surface area contributed by atoms with E-state index in [4.69, 9.17) is 9.47 Å². The summed E-state index contributed by atoms with van der Waals surface area (Å²) in [5, 5.41) is 5.81. The van der Waals surface area contributed by atoms with Gasteiger partial charge >= 0.3 is 5.97 Å². The second kappa shape index (κ2) is 11.8. The Hall–Kier alpha value is -2.95. The summed E-state index contributed by atoms with van der Waals surface area (Å²) in [5.41, 5.74) is 1.42. The van der Waals surface area contributed by atoms with Crippen molar-refractivity contribution in [2.75, 3.05) is 50.1 Å². The molecule has 0 spiro atoms. The van der Waals surface area contributed by atoms with E-state index in [9.17, 15) is 18.0 Å². The van der Waals surface area contributed by atoms with E-state index in [1.807, 2.05) is 6.07 Å². The Bertz CT molecular complexity index is 1050. The van der Waals surface area contributed by atoms with Gasteiger partial charge in [-0.2, -0.15) is 4.31 Å². The number of hydrogen-bond acceptors (Lipinski definition) is 7. The van der Waals surface area contributed by atoms with Crippen molar-refractivity contribution in [2.24, 2.45) is 0 Å². The maximum Gasteiger partial charge on any atom is 0.340 e. The van der Waals surface area contributed by atoms with Gasteiger partial charge in [-0.1, -0.05) is 25.5 Å². The van der Waals surface area contributed by atoms with Crippen molar-refractivity contribution in [3.8, 4) is 0 Å². The van der Waals surface area contributed by atoms with Crippen molar-refractivity contribution in [1.29, 1.82) is 0 Å². The Morgan fingerprint density at radius 1 is 1.06 bits per heavy atom. The molecule has 2 N–H and O–H groups in total. The van der Waals surface area contributed by atoms with Crippen LogP contribution in [-0.4, -0.2) is 64.1 Å². The van der Waals surface area contributed by atoms with Crippen LogP contribution in [0, 0.1) is 0 Å². The highest BCUT2D eigenvalue weighted by Crippen LogP contribution is 2.20. The quantitative estimate of drug-likeness (QED) is 0.401. The number of esters is 1. The topological polar surface area (TPSA) is 114 Å². The first-order valence-corrected chi connectivity index (χ1v) is 12.3. The van der Waals surface area contributed by atoms with Crippen molar-refractivity contribution >= 4 is 33.3 Å². The van der Waals surface area contributed by atoms with Crippen LogP contribution in [0.3, 0.4) is 0 Å². The maximum absolute atomic E-state index is 12.7. The number of morpholine rings is 1. The average molecular weight is 476 g/mol. The zero-order chi connectivity index (χ0) is 23.7. The summed E-state index contributed by atoms with van der Waals surface area (Å²) < 4.78 is 37.1. The molecule has 1 amide bonds. The molecule has 1 heterocycles. The van der Waals surface area contributed by atoms with Gasteiger partial charge in [-0.25, -0.2) is 13.2 Å². The second-order valence-corrected chi connectivity index (χ2v) is 9.43. The summed E-state index contributed by atoms with van der Waals surface area (Å²) in [6.45, 7) is 3.70. The molecular weight excluding hydrogens is 446 g/mol. The molecule has 10 heteroatoms. The van der Waals surface area contributed by atoms with Crippen molar-refractivity contribution in [2.45, 2.75) is 24.7 Å². The highest BCUT2D eigenvalue weighted by atomic mass is 32.2. The molecule has 3 rings (SSSR count). The van der Waals surface area contributed by atoms with E-state index in [-0.39, 0.29) is 4.90 Å². The molecule has 0 radical (unpaired) electrons. The molecular formula is C23H29N3O6S. The largest absolute Gasteiger partial charge is 0.452 e. The van der Waals surface area contributed by atoms with Gasteiger partial charge in [-0.05, 0) is 42.8 Å². The van der Waals surface area contributed by atoms with Crippen LogP contribution in [0.15, 0.2) is 53.4 Å². The second-order valence-electron chi connectivity index (χ2n) is 7.49. The van der Waals surface area contributed by atoms with Crippen LogP contribution in [0.4, 0.5) is 11.4 Å². The van der Waals surface area contributed by atoms with E-state index in [0.29, 0.717) is 43.2 Å². The highest BCUT2D eigenvalue weighted by Gasteiger charge is 2.26. The van der Waals surface area contributed by atoms with Crippen LogP contribution < -0.4 is 10.6 Å². The molecule has 0 aromatic heterocycles. The van der Waals surface area contributed by atoms with E-state index in [0.717, 1.165) is 19.4 Å². The number of rotatable bonds is 10. The SMILES string of the molecule is CCCCNc1ccccc1C(=O)OCC(=O)Nc1ccc(S(=O)(=O)N2CCOCC2)cc1. The van der Waals surface area contributed by atoms with Gasteiger partial charge < -0.3 is 20.1 Å². The van der Waals surface area contributed by atoms with Crippen LogP contribution >= 0.6 is 0 Å². The molecule has 0 aliphatic carbocycles. The molecule has 9 nitrogen and oxygen atoms in total. The van der Waals surface area contributed by atoms with Crippen LogP contribution in [0.5, 0.6) is 0 Å². The molecule has 0 saturated carbocycles. The van der Waals surface area contributed by atoms with Gasteiger partial charge in [0.1, 0.15) is 0 Å². The molecule has 1 fully saturated rings. The first-order chi connectivity index (χ1) is 15.9. The smallest absolute Gasteiger partial charge is 0.340 e. The summed E-state index contributed by atoms with van der Waals surface area (Å²) in [6, 6.07) is 12.9. The van der Waals surface area contributed by atoms with E-state index >= 15 is 0 Å². The number of ether oxygens (including phenoxy) is 2. The average Bonchev–Trinajstić information content (AvgIpc) is 2.84. The number of unbranched alkanes of at least 4 members (excludes halogenated alkanes) is 1. The Morgan fingerprint density at radius 3 is 2.45 bits per heavy atom. The summed E-state index contributed by atoms with van der Waals surface area (Å²) in [4.78, 5) is 24.8. The number of anilines is 2. The number of nitrogens with zero attached hydrogens (tertiary/aromatic N) is 1. The fourth-order valence-electron chi connectivity index (χ4n) is 3.27. The predicted molar refractivity (Wildman–Crippen MR) is 125 cm³/mol. The van der Waals surface area contributed by atoms with E-state index in [2.05, 4.69) is 17.6 Å². The van der Waals surface area contributed by atoms with Gasteiger partial charge in [0.25, 0.3) is 5.91 Å². The number of benzene rings is 2. The third kappa shape index (κ3) is 6.77.